The van der Waals surface area contributed by atoms with Crippen molar-refractivity contribution in [3.8, 4) is 0 Å². The largest absolute Gasteiger partial charge is 0.382 e. The van der Waals surface area contributed by atoms with Gasteiger partial charge in [0.15, 0.2) is 0 Å². The van der Waals surface area contributed by atoms with Crippen molar-refractivity contribution in [1.29, 1.82) is 0 Å². The Bertz CT molecular complexity index is 268. The smallest absolute Gasteiger partial charge is 0.0450 e. The minimum Gasteiger partial charge on any atom is -0.382 e. The van der Waals surface area contributed by atoms with Gasteiger partial charge in [0.2, 0.25) is 0 Å². The molecule has 1 N–H and O–H groups in total. The molecule has 78 valence electrons. The maximum atomic E-state index is 3.62. The van der Waals surface area contributed by atoms with Crippen LogP contribution in [0, 0.1) is 11.8 Å². The Morgan fingerprint density at radius 1 is 1.29 bits per heavy atom. The monoisotopic (exact) mass is 209 g/mol. The van der Waals surface area contributed by atoms with Gasteiger partial charge < -0.3 is 5.32 Å². The standard InChI is InChI=1S/C12H19NS/c1-9-3-4-11(7-10(9)2)13-12-5-6-14-8-12/h5-6,8-11,13H,3-4,7H2,1-2H3. The predicted octanol–water partition coefficient (Wildman–Crippen LogP) is 3.98. The van der Waals surface area contributed by atoms with Crippen LogP contribution in [0.15, 0.2) is 16.8 Å². The molecule has 1 saturated carbocycles. The van der Waals surface area contributed by atoms with Crippen LogP contribution in [0.1, 0.15) is 33.1 Å². The summed E-state index contributed by atoms with van der Waals surface area (Å²) in [4.78, 5) is 0. The van der Waals surface area contributed by atoms with E-state index in [9.17, 15) is 0 Å². The Kier molecular flexibility index (Phi) is 3.12. The van der Waals surface area contributed by atoms with E-state index >= 15 is 0 Å². The average molecular weight is 209 g/mol. The molecule has 0 radical (unpaired) electrons. The molecule has 14 heavy (non-hydrogen) atoms. The molecule has 1 aliphatic rings. The van der Waals surface area contributed by atoms with Gasteiger partial charge in [-0.05, 0) is 42.5 Å². The zero-order chi connectivity index (χ0) is 9.97. The normalized spacial score (nSPS) is 32.9. The Balaban J connectivity index is 1.88. The molecule has 0 amide bonds. The van der Waals surface area contributed by atoms with E-state index in [-0.39, 0.29) is 0 Å². The van der Waals surface area contributed by atoms with Crippen LogP contribution in [0.5, 0.6) is 0 Å². The van der Waals surface area contributed by atoms with E-state index in [0.717, 1.165) is 11.8 Å². The van der Waals surface area contributed by atoms with Gasteiger partial charge in [-0.25, -0.2) is 0 Å². The Morgan fingerprint density at radius 2 is 2.14 bits per heavy atom. The van der Waals surface area contributed by atoms with Gasteiger partial charge in [0, 0.05) is 17.1 Å². The molecule has 2 heteroatoms. The maximum Gasteiger partial charge on any atom is 0.0450 e. The van der Waals surface area contributed by atoms with Crippen LogP contribution < -0.4 is 5.32 Å². The molecule has 0 aliphatic heterocycles. The van der Waals surface area contributed by atoms with Gasteiger partial charge in [-0.2, -0.15) is 11.3 Å². The third-order valence-electron chi connectivity index (χ3n) is 3.49. The van der Waals surface area contributed by atoms with Crippen LogP contribution >= 0.6 is 11.3 Å². The lowest BCUT2D eigenvalue weighted by molar-refractivity contribution is 0.261. The van der Waals surface area contributed by atoms with E-state index < -0.39 is 0 Å². The molecule has 1 nitrogen and oxygen atoms in total. The van der Waals surface area contributed by atoms with Crippen molar-refractivity contribution in [1.82, 2.24) is 0 Å². The first-order valence-corrected chi connectivity index (χ1v) is 6.48. The molecule has 1 fully saturated rings. The molecule has 1 heterocycles. The molecule has 0 saturated heterocycles. The number of hydrogen-bond donors (Lipinski definition) is 1. The van der Waals surface area contributed by atoms with Crippen molar-refractivity contribution in [2.24, 2.45) is 11.8 Å². The number of hydrogen-bond acceptors (Lipinski definition) is 2. The van der Waals surface area contributed by atoms with Crippen LogP contribution in [-0.4, -0.2) is 6.04 Å². The molecule has 1 aliphatic carbocycles. The van der Waals surface area contributed by atoms with Crippen LogP contribution in [-0.2, 0) is 0 Å². The lowest BCUT2D eigenvalue weighted by Crippen LogP contribution is -2.30. The second-order valence-corrected chi connectivity index (χ2v) is 5.40. The number of nitrogens with one attached hydrogen (secondary N) is 1. The van der Waals surface area contributed by atoms with Crippen molar-refractivity contribution < 1.29 is 0 Å². The summed E-state index contributed by atoms with van der Waals surface area (Å²) >= 11 is 1.77. The van der Waals surface area contributed by atoms with Crippen molar-refractivity contribution >= 4 is 17.0 Å². The molecule has 1 aromatic heterocycles. The number of anilines is 1. The van der Waals surface area contributed by atoms with Gasteiger partial charge >= 0.3 is 0 Å². The highest BCUT2D eigenvalue weighted by Crippen LogP contribution is 2.31. The molecule has 3 unspecified atom stereocenters. The summed E-state index contributed by atoms with van der Waals surface area (Å²) < 4.78 is 0. The van der Waals surface area contributed by atoms with E-state index in [0.29, 0.717) is 6.04 Å². The van der Waals surface area contributed by atoms with Crippen molar-refractivity contribution in [3.63, 3.8) is 0 Å². The molecule has 0 spiro atoms. The van der Waals surface area contributed by atoms with Gasteiger partial charge in [0.1, 0.15) is 0 Å². The number of rotatable bonds is 2. The third-order valence-corrected chi connectivity index (χ3v) is 4.17. The van der Waals surface area contributed by atoms with Gasteiger partial charge in [-0.3, -0.25) is 0 Å². The van der Waals surface area contributed by atoms with Crippen LogP contribution in [0.2, 0.25) is 0 Å². The summed E-state index contributed by atoms with van der Waals surface area (Å²) in [5, 5.41) is 7.96. The second-order valence-electron chi connectivity index (χ2n) is 4.62. The molecule has 3 atom stereocenters. The fourth-order valence-electron chi connectivity index (χ4n) is 2.26. The predicted molar refractivity (Wildman–Crippen MR) is 63.9 cm³/mol. The SMILES string of the molecule is CC1CCC(Nc2ccsc2)CC1C. The topological polar surface area (TPSA) is 12.0 Å². The van der Waals surface area contributed by atoms with E-state index in [4.69, 9.17) is 0 Å². The van der Waals surface area contributed by atoms with Crippen molar-refractivity contribution in [2.75, 3.05) is 5.32 Å². The highest BCUT2D eigenvalue weighted by atomic mass is 32.1. The highest BCUT2D eigenvalue weighted by molar-refractivity contribution is 7.08. The summed E-state index contributed by atoms with van der Waals surface area (Å²) in [5.41, 5.74) is 1.31. The van der Waals surface area contributed by atoms with Crippen LogP contribution in [0.25, 0.3) is 0 Å². The zero-order valence-electron chi connectivity index (χ0n) is 8.99. The van der Waals surface area contributed by atoms with Crippen molar-refractivity contribution in [2.45, 2.75) is 39.2 Å². The second kappa shape index (κ2) is 4.35. The first-order valence-electron chi connectivity index (χ1n) is 5.54. The van der Waals surface area contributed by atoms with Crippen LogP contribution in [0.4, 0.5) is 5.69 Å². The van der Waals surface area contributed by atoms with E-state index in [1.807, 2.05) is 0 Å². The van der Waals surface area contributed by atoms with Gasteiger partial charge in [0.25, 0.3) is 0 Å². The van der Waals surface area contributed by atoms with Gasteiger partial charge in [-0.15, -0.1) is 0 Å². The average Bonchev–Trinajstić information content (AvgIpc) is 2.64. The maximum absolute atomic E-state index is 3.62. The first kappa shape index (κ1) is 10.0. The highest BCUT2D eigenvalue weighted by Gasteiger charge is 2.24. The van der Waals surface area contributed by atoms with E-state index in [1.54, 1.807) is 11.3 Å². The molecule has 1 aromatic rings. The van der Waals surface area contributed by atoms with Crippen molar-refractivity contribution in [3.05, 3.63) is 16.8 Å². The summed E-state index contributed by atoms with van der Waals surface area (Å²) in [6, 6.07) is 2.88. The molecule has 2 rings (SSSR count). The Hall–Kier alpha value is -0.500. The summed E-state index contributed by atoms with van der Waals surface area (Å²) in [6.45, 7) is 4.76. The lowest BCUT2D eigenvalue weighted by Gasteiger charge is -2.32. The van der Waals surface area contributed by atoms with Crippen LogP contribution in [0.3, 0.4) is 0 Å². The molecular formula is C12H19NS. The first-order chi connectivity index (χ1) is 6.75. The fourth-order valence-corrected chi connectivity index (χ4v) is 2.86. The van der Waals surface area contributed by atoms with Gasteiger partial charge in [-0.1, -0.05) is 13.8 Å². The number of thiophene rings is 1. The Labute approximate surface area is 90.5 Å². The zero-order valence-corrected chi connectivity index (χ0v) is 9.81. The molecule has 0 bridgehead atoms. The third kappa shape index (κ3) is 2.30. The van der Waals surface area contributed by atoms with Gasteiger partial charge in [0.05, 0.1) is 0 Å². The summed E-state index contributed by atoms with van der Waals surface area (Å²) in [5.74, 6) is 1.79. The lowest BCUT2D eigenvalue weighted by atomic mass is 9.79. The molecule has 0 aromatic carbocycles. The van der Waals surface area contributed by atoms with E-state index in [2.05, 4.69) is 36.0 Å². The Morgan fingerprint density at radius 3 is 2.79 bits per heavy atom. The molecular weight excluding hydrogens is 190 g/mol. The van der Waals surface area contributed by atoms with E-state index in [1.165, 1.54) is 24.9 Å². The fraction of sp³-hybridized carbons (Fsp3) is 0.667. The quantitative estimate of drug-likeness (QED) is 0.776. The summed E-state index contributed by atoms with van der Waals surface area (Å²) in [6.07, 6.45) is 4.04. The summed E-state index contributed by atoms with van der Waals surface area (Å²) in [7, 11) is 0. The minimum atomic E-state index is 0.704. The minimum absolute atomic E-state index is 0.704.